The van der Waals surface area contributed by atoms with Crippen molar-refractivity contribution >= 4 is 29.9 Å². The van der Waals surface area contributed by atoms with E-state index in [0.717, 1.165) is 39.1 Å². The molecule has 0 amide bonds. The molecule has 2 aliphatic rings. The second kappa shape index (κ2) is 11.2. The van der Waals surface area contributed by atoms with E-state index in [1.54, 1.807) is 0 Å². The summed E-state index contributed by atoms with van der Waals surface area (Å²) in [6, 6.07) is 8.96. The van der Waals surface area contributed by atoms with Crippen molar-refractivity contribution in [3.63, 3.8) is 0 Å². The predicted octanol–water partition coefficient (Wildman–Crippen LogP) is 1.76. The predicted molar refractivity (Wildman–Crippen MR) is 121 cm³/mol. The molecule has 0 radical (unpaired) electrons. The number of rotatable bonds is 7. The fraction of sp³-hybridized carbons (Fsp3) is 0.650. The summed E-state index contributed by atoms with van der Waals surface area (Å²) in [6.07, 6.45) is 3.19. The molecular formula is C20H34IN5O. The summed E-state index contributed by atoms with van der Waals surface area (Å²) in [5.41, 5.74) is 8.57. The third-order valence-corrected chi connectivity index (χ3v) is 5.60. The Morgan fingerprint density at radius 2 is 2.04 bits per heavy atom. The Balaban J connectivity index is 0.00000261. The third-order valence-electron chi connectivity index (χ3n) is 5.60. The molecule has 2 atom stereocenters. The van der Waals surface area contributed by atoms with Crippen LogP contribution in [0.1, 0.15) is 37.3 Å². The van der Waals surface area contributed by atoms with Gasteiger partial charge in [0.2, 0.25) is 0 Å². The van der Waals surface area contributed by atoms with E-state index in [1.165, 1.54) is 30.5 Å². The van der Waals surface area contributed by atoms with Crippen molar-refractivity contribution in [2.75, 3.05) is 32.7 Å². The van der Waals surface area contributed by atoms with Crippen LogP contribution in [-0.2, 0) is 13.1 Å². The Kier molecular flexibility index (Phi) is 9.28. The number of likely N-dealkylation sites (tertiary alicyclic amines) is 2. The third kappa shape index (κ3) is 6.58. The van der Waals surface area contributed by atoms with E-state index >= 15 is 0 Å². The first-order chi connectivity index (χ1) is 12.7. The molecule has 2 unspecified atom stereocenters. The van der Waals surface area contributed by atoms with E-state index in [-0.39, 0.29) is 30.1 Å². The summed E-state index contributed by atoms with van der Waals surface area (Å²) >= 11 is 0. The van der Waals surface area contributed by atoms with Crippen molar-refractivity contribution in [1.29, 1.82) is 0 Å². The SMILES string of the molecule is CCN1CCCC1CNC(N)=NCc1ccccc1CN1CCC(O)C1.I. The zero-order chi connectivity index (χ0) is 18.4. The van der Waals surface area contributed by atoms with Crippen molar-refractivity contribution in [1.82, 2.24) is 15.1 Å². The summed E-state index contributed by atoms with van der Waals surface area (Å²) in [4.78, 5) is 9.35. The molecule has 1 aromatic rings. The average Bonchev–Trinajstić information content (AvgIpc) is 3.27. The van der Waals surface area contributed by atoms with Gasteiger partial charge in [0.15, 0.2) is 5.96 Å². The standard InChI is InChI=1S/C20H33N5O.HI/c1-2-25-10-5-8-18(25)13-23-20(21)22-12-16-6-3-4-7-17(16)14-24-11-9-19(26)15-24;/h3-4,6-7,18-19,26H,2,5,8-15H2,1H3,(H3,21,22,23);1H. The van der Waals surface area contributed by atoms with Crippen LogP contribution in [0.2, 0.25) is 0 Å². The maximum atomic E-state index is 9.72. The van der Waals surface area contributed by atoms with Crippen molar-refractivity contribution < 1.29 is 5.11 Å². The molecule has 4 N–H and O–H groups in total. The number of aliphatic imine (C=N–C) groups is 1. The number of guanidine groups is 1. The maximum absolute atomic E-state index is 9.72. The highest BCUT2D eigenvalue weighted by molar-refractivity contribution is 14.0. The number of hydrogen-bond acceptors (Lipinski definition) is 4. The zero-order valence-electron chi connectivity index (χ0n) is 16.3. The largest absolute Gasteiger partial charge is 0.392 e. The molecule has 152 valence electrons. The Labute approximate surface area is 180 Å². The highest BCUT2D eigenvalue weighted by Crippen LogP contribution is 2.17. The highest BCUT2D eigenvalue weighted by atomic mass is 127. The zero-order valence-corrected chi connectivity index (χ0v) is 18.6. The monoisotopic (exact) mass is 487 g/mol. The molecule has 2 heterocycles. The van der Waals surface area contributed by atoms with Crippen LogP contribution in [0.3, 0.4) is 0 Å². The van der Waals surface area contributed by atoms with Crippen LogP contribution >= 0.6 is 24.0 Å². The molecule has 0 spiro atoms. The van der Waals surface area contributed by atoms with Gasteiger partial charge in [-0.2, -0.15) is 0 Å². The van der Waals surface area contributed by atoms with Crippen LogP contribution in [0, 0.1) is 0 Å². The number of likely N-dealkylation sites (N-methyl/N-ethyl adjacent to an activating group) is 1. The van der Waals surface area contributed by atoms with Gasteiger partial charge in [-0.25, -0.2) is 4.99 Å². The van der Waals surface area contributed by atoms with Gasteiger partial charge >= 0.3 is 0 Å². The van der Waals surface area contributed by atoms with Gasteiger partial charge in [0, 0.05) is 32.2 Å². The first-order valence-corrected chi connectivity index (χ1v) is 9.90. The number of nitrogens with two attached hydrogens (primary N) is 1. The van der Waals surface area contributed by atoms with Gasteiger partial charge < -0.3 is 16.2 Å². The van der Waals surface area contributed by atoms with Crippen LogP contribution < -0.4 is 11.1 Å². The molecular weight excluding hydrogens is 453 g/mol. The molecule has 0 saturated carbocycles. The number of halogens is 1. The van der Waals surface area contributed by atoms with Crippen molar-refractivity contribution in [2.24, 2.45) is 10.7 Å². The number of nitrogens with zero attached hydrogens (tertiary/aromatic N) is 3. The van der Waals surface area contributed by atoms with Gasteiger partial charge in [0.05, 0.1) is 12.6 Å². The minimum Gasteiger partial charge on any atom is -0.392 e. The normalized spacial score (nSPS) is 24.1. The lowest BCUT2D eigenvalue weighted by Crippen LogP contribution is -2.42. The van der Waals surface area contributed by atoms with E-state index < -0.39 is 0 Å². The highest BCUT2D eigenvalue weighted by Gasteiger charge is 2.23. The van der Waals surface area contributed by atoms with Crippen molar-refractivity contribution in [3.8, 4) is 0 Å². The van der Waals surface area contributed by atoms with Crippen LogP contribution in [0.5, 0.6) is 0 Å². The number of hydrogen-bond donors (Lipinski definition) is 3. The quantitative estimate of drug-likeness (QED) is 0.311. The van der Waals surface area contributed by atoms with Crippen molar-refractivity contribution in [2.45, 2.75) is 51.4 Å². The molecule has 1 aromatic carbocycles. The Morgan fingerprint density at radius 1 is 1.26 bits per heavy atom. The lowest BCUT2D eigenvalue weighted by Gasteiger charge is -2.23. The molecule has 6 nitrogen and oxygen atoms in total. The number of aliphatic hydroxyl groups excluding tert-OH is 1. The molecule has 27 heavy (non-hydrogen) atoms. The summed E-state index contributed by atoms with van der Waals surface area (Å²) in [5.74, 6) is 0.527. The topological polar surface area (TPSA) is 77.1 Å². The van der Waals surface area contributed by atoms with Crippen molar-refractivity contribution in [3.05, 3.63) is 35.4 Å². The molecule has 0 aromatic heterocycles. The van der Waals surface area contributed by atoms with E-state index in [2.05, 4.69) is 51.3 Å². The second-order valence-electron chi connectivity index (χ2n) is 7.45. The number of β-amino-alcohol motifs (C(OH)–C–C–N with tert-alkyl or cyclic N) is 1. The van der Waals surface area contributed by atoms with E-state index in [0.29, 0.717) is 18.5 Å². The number of nitrogens with one attached hydrogen (secondary N) is 1. The maximum Gasteiger partial charge on any atom is 0.188 e. The summed E-state index contributed by atoms with van der Waals surface area (Å²) in [6.45, 7) is 8.55. The fourth-order valence-corrected chi connectivity index (χ4v) is 4.05. The van der Waals surface area contributed by atoms with Crippen LogP contribution in [0.15, 0.2) is 29.3 Å². The second-order valence-corrected chi connectivity index (χ2v) is 7.45. The number of benzene rings is 1. The van der Waals surface area contributed by atoms with E-state index in [9.17, 15) is 5.11 Å². The minimum atomic E-state index is -0.182. The molecule has 2 fully saturated rings. The van der Waals surface area contributed by atoms with Crippen LogP contribution in [0.25, 0.3) is 0 Å². The molecule has 2 saturated heterocycles. The van der Waals surface area contributed by atoms with Gasteiger partial charge in [0.1, 0.15) is 0 Å². The first kappa shape index (κ1) is 22.4. The molecule has 2 aliphatic heterocycles. The van der Waals surface area contributed by atoms with Gasteiger partial charge in [-0.05, 0) is 43.5 Å². The minimum absolute atomic E-state index is 0. The van der Waals surface area contributed by atoms with Gasteiger partial charge in [-0.15, -0.1) is 24.0 Å². The summed E-state index contributed by atoms with van der Waals surface area (Å²) in [5, 5.41) is 13.0. The van der Waals surface area contributed by atoms with E-state index in [1.807, 2.05) is 0 Å². The Morgan fingerprint density at radius 3 is 2.74 bits per heavy atom. The molecule has 0 bridgehead atoms. The van der Waals surface area contributed by atoms with Crippen LogP contribution in [-0.4, -0.2) is 65.7 Å². The average molecular weight is 487 g/mol. The van der Waals surface area contributed by atoms with Gasteiger partial charge in [-0.3, -0.25) is 9.80 Å². The number of aliphatic hydroxyl groups is 1. The summed E-state index contributed by atoms with van der Waals surface area (Å²) < 4.78 is 0. The fourth-order valence-electron chi connectivity index (χ4n) is 4.05. The molecule has 3 rings (SSSR count). The Bertz CT molecular complexity index is 612. The van der Waals surface area contributed by atoms with Gasteiger partial charge in [0.25, 0.3) is 0 Å². The lowest BCUT2D eigenvalue weighted by atomic mass is 10.1. The Hall–Kier alpha value is -0.900. The summed E-state index contributed by atoms with van der Waals surface area (Å²) in [7, 11) is 0. The first-order valence-electron chi connectivity index (χ1n) is 9.90. The van der Waals surface area contributed by atoms with E-state index in [4.69, 9.17) is 5.73 Å². The molecule has 0 aliphatic carbocycles. The molecule has 7 heteroatoms. The van der Waals surface area contributed by atoms with Gasteiger partial charge in [-0.1, -0.05) is 31.2 Å². The smallest absolute Gasteiger partial charge is 0.188 e. The van der Waals surface area contributed by atoms with Crippen LogP contribution in [0.4, 0.5) is 0 Å². The lowest BCUT2D eigenvalue weighted by molar-refractivity contribution is 0.174.